The second-order valence-electron chi connectivity index (χ2n) is 6.74. The molecule has 8 nitrogen and oxygen atoms in total. The molecule has 158 valence electrons. The molecule has 1 amide bonds. The molecule has 9 heteroatoms. The molecule has 0 bridgehead atoms. The van der Waals surface area contributed by atoms with Gasteiger partial charge in [0, 0.05) is 25.1 Å². The van der Waals surface area contributed by atoms with Crippen LogP contribution in [-0.2, 0) is 16.1 Å². The van der Waals surface area contributed by atoms with Crippen LogP contribution in [0.1, 0.15) is 24.5 Å². The first kappa shape index (κ1) is 22.8. The highest BCUT2D eigenvalue weighted by Crippen LogP contribution is 2.25. The van der Waals surface area contributed by atoms with E-state index in [4.69, 9.17) is 10.5 Å². The topological polar surface area (TPSA) is 110 Å². The minimum atomic E-state index is -0.680. The summed E-state index contributed by atoms with van der Waals surface area (Å²) in [6.07, 6.45) is 0.657. The molecule has 29 heavy (non-hydrogen) atoms. The predicted molar refractivity (Wildman–Crippen MR) is 117 cm³/mol. The molecule has 0 spiro atoms. The largest absolute Gasteiger partial charge is 0.383 e. The molecule has 3 N–H and O–H groups in total. The molecule has 0 fully saturated rings. The average Bonchev–Trinajstić information content (AvgIpc) is 2.66. The van der Waals surface area contributed by atoms with Crippen LogP contribution in [0.3, 0.4) is 0 Å². The number of nitrogens with one attached hydrogen (secondary N) is 1. The summed E-state index contributed by atoms with van der Waals surface area (Å²) >= 11 is 1.40. The van der Waals surface area contributed by atoms with E-state index in [1.165, 1.54) is 28.3 Å². The molecular weight excluding hydrogens is 392 g/mol. The van der Waals surface area contributed by atoms with Crippen molar-refractivity contribution in [2.75, 3.05) is 36.6 Å². The van der Waals surface area contributed by atoms with Crippen LogP contribution in [0, 0.1) is 13.8 Å². The van der Waals surface area contributed by atoms with Crippen molar-refractivity contribution >= 4 is 29.2 Å². The van der Waals surface area contributed by atoms with Crippen molar-refractivity contribution in [3.63, 3.8) is 0 Å². The normalized spacial score (nSPS) is 10.9. The summed E-state index contributed by atoms with van der Waals surface area (Å²) < 4.78 is 6.38. The Morgan fingerprint density at radius 2 is 2.03 bits per heavy atom. The fourth-order valence-corrected chi connectivity index (χ4v) is 3.89. The van der Waals surface area contributed by atoms with Crippen LogP contribution in [0.15, 0.2) is 32.7 Å². The molecule has 2 aromatic rings. The van der Waals surface area contributed by atoms with Gasteiger partial charge in [0.25, 0.3) is 5.56 Å². The molecule has 0 saturated carbocycles. The van der Waals surface area contributed by atoms with Crippen molar-refractivity contribution < 1.29 is 9.53 Å². The van der Waals surface area contributed by atoms with Crippen LogP contribution in [0.25, 0.3) is 0 Å². The Bertz CT molecular complexity index is 983. The molecule has 0 saturated heterocycles. The zero-order chi connectivity index (χ0) is 21.6. The molecule has 0 aliphatic rings. The maximum absolute atomic E-state index is 13.0. The van der Waals surface area contributed by atoms with Gasteiger partial charge >= 0.3 is 5.69 Å². The molecule has 0 aliphatic carbocycles. The van der Waals surface area contributed by atoms with Crippen molar-refractivity contribution in [1.29, 1.82) is 0 Å². The highest BCUT2D eigenvalue weighted by Gasteiger charge is 2.24. The first-order chi connectivity index (χ1) is 13.8. The van der Waals surface area contributed by atoms with Gasteiger partial charge < -0.3 is 15.4 Å². The molecule has 0 unspecified atom stereocenters. The molecule has 0 atom stereocenters. The fraction of sp³-hybridized carbons (Fsp3) is 0.450. The van der Waals surface area contributed by atoms with E-state index in [2.05, 4.69) is 11.1 Å². The number of thioether (sulfide) groups is 1. The lowest BCUT2D eigenvalue weighted by Gasteiger charge is -2.24. The molecule has 1 heterocycles. The number of aryl methyl sites for hydroxylation is 2. The van der Waals surface area contributed by atoms with E-state index >= 15 is 0 Å². The Kier molecular flexibility index (Phi) is 8.10. The lowest BCUT2D eigenvalue weighted by Crippen LogP contribution is -2.43. The quantitative estimate of drug-likeness (QED) is 0.600. The smallest absolute Gasteiger partial charge is 0.330 e. The number of nitrogens with two attached hydrogens (primary N) is 1. The number of H-pyrrole nitrogens is 1. The van der Waals surface area contributed by atoms with E-state index in [0.29, 0.717) is 13.0 Å². The maximum Gasteiger partial charge on any atom is 0.330 e. The van der Waals surface area contributed by atoms with Gasteiger partial charge in [-0.05, 0) is 31.9 Å². The summed E-state index contributed by atoms with van der Waals surface area (Å²) in [6, 6.07) is 6.02. The minimum absolute atomic E-state index is 0.0124. The summed E-state index contributed by atoms with van der Waals surface area (Å²) in [5, 5.41) is 0. The van der Waals surface area contributed by atoms with E-state index in [-0.39, 0.29) is 36.3 Å². The van der Waals surface area contributed by atoms with Crippen LogP contribution < -0.4 is 21.9 Å². The number of rotatable bonds is 9. The van der Waals surface area contributed by atoms with E-state index in [0.717, 1.165) is 16.0 Å². The third-order valence-electron chi connectivity index (χ3n) is 4.43. The molecule has 0 aliphatic heterocycles. The van der Waals surface area contributed by atoms with Gasteiger partial charge in [0.1, 0.15) is 5.82 Å². The number of hydrogen-bond donors (Lipinski definition) is 2. The number of nitrogens with zero attached hydrogens (tertiary/aromatic N) is 2. The number of ether oxygens (including phenoxy) is 1. The summed E-state index contributed by atoms with van der Waals surface area (Å²) in [7, 11) is 1.51. The van der Waals surface area contributed by atoms with Gasteiger partial charge in [-0.3, -0.25) is 19.1 Å². The fourth-order valence-electron chi connectivity index (χ4n) is 3.01. The highest BCUT2D eigenvalue weighted by molar-refractivity contribution is 8.00. The van der Waals surface area contributed by atoms with Crippen LogP contribution in [0.5, 0.6) is 0 Å². The SMILES string of the molecule is CCCn1c(N)c(N(CCOC)C(=O)CSc2ccc(C)cc2C)c(=O)[nH]c1=O. The number of aromatic amines is 1. The Morgan fingerprint density at radius 3 is 2.66 bits per heavy atom. The van der Waals surface area contributed by atoms with Gasteiger partial charge in [0.2, 0.25) is 5.91 Å². The third-order valence-corrected chi connectivity index (χ3v) is 5.59. The maximum atomic E-state index is 13.0. The number of nitrogen functional groups attached to an aromatic ring is 1. The van der Waals surface area contributed by atoms with Crippen molar-refractivity contribution in [3.05, 3.63) is 50.2 Å². The van der Waals surface area contributed by atoms with Crippen LogP contribution in [-0.4, -0.2) is 41.5 Å². The van der Waals surface area contributed by atoms with Gasteiger partial charge in [0.05, 0.1) is 12.4 Å². The van der Waals surface area contributed by atoms with Crippen LogP contribution in [0.2, 0.25) is 0 Å². The average molecular weight is 421 g/mol. The first-order valence-corrected chi connectivity index (χ1v) is 10.4. The minimum Gasteiger partial charge on any atom is -0.383 e. The lowest BCUT2D eigenvalue weighted by molar-refractivity contribution is -0.116. The third kappa shape index (κ3) is 5.51. The summed E-state index contributed by atoms with van der Waals surface area (Å²) in [6.45, 7) is 6.63. The summed E-state index contributed by atoms with van der Waals surface area (Å²) in [5.74, 6) is -0.174. The van der Waals surface area contributed by atoms with E-state index in [1.54, 1.807) is 0 Å². The first-order valence-electron chi connectivity index (χ1n) is 9.42. The van der Waals surface area contributed by atoms with Crippen molar-refractivity contribution in [2.24, 2.45) is 0 Å². The number of methoxy groups -OCH3 is 1. The second-order valence-corrected chi connectivity index (χ2v) is 7.76. The Labute approximate surface area is 174 Å². The van der Waals surface area contributed by atoms with Gasteiger partial charge in [-0.2, -0.15) is 0 Å². The Hall–Kier alpha value is -2.52. The van der Waals surface area contributed by atoms with E-state index in [9.17, 15) is 14.4 Å². The lowest BCUT2D eigenvalue weighted by atomic mass is 10.2. The van der Waals surface area contributed by atoms with Gasteiger partial charge in [0.15, 0.2) is 5.69 Å². The van der Waals surface area contributed by atoms with E-state index in [1.807, 2.05) is 32.9 Å². The zero-order valence-corrected chi connectivity index (χ0v) is 18.1. The number of amides is 1. The number of aromatic nitrogens is 2. The van der Waals surface area contributed by atoms with Gasteiger partial charge in [-0.15, -0.1) is 11.8 Å². The number of hydrogen-bond acceptors (Lipinski definition) is 6. The Balaban J connectivity index is 2.36. The molecule has 0 radical (unpaired) electrons. The molecule has 1 aromatic heterocycles. The molecule has 2 rings (SSSR count). The van der Waals surface area contributed by atoms with Crippen molar-refractivity contribution in [3.8, 4) is 0 Å². The number of anilines is 2. The second kappa shape index (κ2) is 10.3. The highest BCUT2D eigenvalue weighted by atomic mass is 32.2. The number of benzene rings is 1. The predicted octanol–water partition coefficient (Wildman–Crippen LogP) is 1.92. The molecule has 1 aromatic carbocycles. The van der Waals surface area contributed by atoms with Crippen LogP contribution in [0.4, 0.5) is 11.5 Å². The van der Waals surface area contributed by atoms with Gasteiger partial charge in [-0.1, -0.05) is 24.6 Å². The number of carbonyl (C=O) groups is 1. The van der Waals surface area contributed by atoms with Crippen molar-refractivity contribution in [2.45, 2.75) is 38.6 Å². The Morgan fingerprint density at radius 1 is 1.31 bits per heavy atom. The number of carbonyl (C=O) groups excluding carboxylic acids is 1. The monoisotopic (exact) mass is 420 g/mol. The van der Waals surface area contributed by atoms with Crippen molar-refractivity contribution in [1.82, 2.24) is 9.55 Å². The zero-order valence-electron chi connectivity index (χ0n) is 17.3. The van der Waals surface area contributed by atoms with Crippen LogP contribution >= 0.6 is 11.8 Å². The standard InChI is InChI=1S/C20H28N4O4S/c1-5-8-24-18(21)17(19(26)22-20(24)27)23(9-10-28-4)16(25)12-29-15-7-6-13(2)11-14(15)3/h6-7,11H,5,8-10,12,21H2,1-4H3,(H,22,26,27). The summed E-state index contributed by atoms with van der Waals surface area (Å²) in [5.41, 5.74) is 7.09. The summed E-state index contributed by atoms with van der Waals surface area (Å²) in [4.78, 5) is 42.2. The van der Waals surface area contributed by atoms with Gasteiger partial charge in [-0.25, -0.2) is 4.79 Å². The molecular formula is C20H28N4O4S. The van der Waals surface area contributed by atoms with E-state index < -0.39 is 11.2 Å².